The van der Waals surface area contributed by atoms with Crippen molar-refractivity contribution in [1.29, 1.82) is 0 Å². The lowest BCUT2D eigenvalue weighted by atomic mass is 10.2. The molecule has 0 spiro atoms. The molecule has 27 heavy (non-hydrogen) atoms. The van der Waals surface area contributed by atoms with Crippen LogP contribution in [0.15, 0.2) is 24.3 Å². The monoisotopic (exact) mass is 390 g/mol. The molecule has 0 unspecified atom stereocenters. The Hall–Kier alpha value is -2.45. The molecule has 0 bridgehead atoms. The summed E-state index contributed by atoms with van der Waals surface area (Å²) in [7, 11) is 1.60. The molecule has 1 aliphatic rings. The van der Waals surface area contributed by atoms with Crippen LogP contribution in [0.4, 0.5) is 0 Å². The van der Waals surface area contributed by atoms with Gasteiger partial charge in [0.2, 0.25) is 0 Å². The van der Waals surface area contributed by atoms with Crippen LogP contribution in [-0.2, 0) is 14.3 Å². The summed E-state index contributed by atoms with van der Waals surface area (Å²) in [6.07, 6.45) is 2.01. The number of nitrogens with zero attached hydrogens (tertiary/aromatic N) is 1. The molecule has 1 fully saturated rings. The van der Waals surface area contributed by atoms with Crippen molar-refractivity contribution in [3.05, 3.63) is 34.8 Å². The Labute approximate surface area is 161 Å². The van der Waals surface area contributed by atoms with Crippen LogP contribution in [0, 0.1) is 6.92 Å². The second-order valence-electron chi connectivity index (χ2n) is 6.18. The summed E-state index contributed by atoms with van der Waals surface area (Å²) >= 11 is 1.24. The van der Waals surface area contributed by atoms with E-state index < -0.39 is 5.97 Å². The van der Waals surface area contributed by atoms with Crippen LogP contribution >= 0.6 is 11.3 Å². The maximum absolute atomic E-state index is 12.3. The Balaban J connectivity index is 1.54. The number of rotatable bonds is 7. The molecular formula is C19H22N2O5S. The number of hydrogen-bond acceptors (Lipinski definition) is 7. The van der Waals surface area contributed by atoms with Gasteiger partial charge < -0.3 is 19.5 Å². The first-order valence-corrected chi connectivity index (χ1v) is 9.55. The largest absolute Gasteiger partial charge is 0.497 e. The third-order valence-corrected chi connectivity index (χ3v) is 5.39. The van der Waals surface area contributed by atoms with E-state index >= 15 is 0 Å². The van der Waals surface area contributed by atoms with Crippen molar-refractivity contribution in [3.63, 3.8) is 0 Å². The number of thiazole rings is 1. The topological polar surface area (TPSA) is 86.8 Å². The third-order valence-electron chi connectivity index (χ3n) is 4.20. The minimum absolute atomic E-state index is 0.0560. The van der Waals surface area contributed by atoms with E-state index in [4.69, 9.17) is 14.2 Å². The first kappa shape index (κ1) is 19.3. The Morgan fingerprint density at radius 1 is 1.33 bits per heavy atom. The summed E-state index contributed by atoms with van der Waals surface area (Å²) in [5, 5.41) is 3.44. The van der Waals surface area contributed by atoms with E-state index in [0.717, 1.165) is 30.8 Å². The number of aromatic nitrogens is 1. The summed E-state index contributed by atoms with van der Waals surface area (Å²) in [5.74, 6) is -0.130. The highest BCUT2D eigenvalue weighted by Gasteiger charge is 2.20. The molecule has 0 saturated carbocycles. The van der Waals surface area contributed by atoms with Gasteiger partial charge in [0.25, 0.3) is 5.91 Å². The zero-order chi connectivity index (χ0) is 19.2. The van der Waals surface area contributed by atoms with Crippen molar-refractivity contribution in [2.75, 3.05) is 26.9 Å². The lowest BCUT2D eigenvalue weighted by Crippen LogP contribution is -2.34. The standard InChI is InChI=1S/C19H22N2O5S/c1-12-17(27-18(21-12)13-5-7-14(24-2)8-6-13)19(23)26-11-16(22)20-10-15-4-3-9-25-15/h5-8,15H,3-4,9-11H2,1-2H3,(H,20,22)/t15-/m0/s1. The lowest BCUT2D eigenvalue weighted by molar-refractivity contribution is -0.124. The predicted molar refractivity (Wildman–Crippen MR) is 101 cm³/mol. The summed E-state index contributed by atoms with van der Waals surface area (Å²) < 4.78 is 15.7. The van der Waals surface area contributed by atoms with Gasteiger partial charge in [0.1, 0.15) is 15.6 Å². The molecule has 0 aliphatic carbocycles. The van der Waals surface area contributed by atoms with E-state index in [1.807, 2.05) is 24.3 Å². The quantitative estimate of drug-likeness (QED) is 0.731. The Bertz CT molecular complexity index is 797. The van der Waals surface area contributed by atoms with Crippen LogP contribution in [0.1, 0.15) is 28.2 Å². The molecule has 1 aromatic carbocycles. The Kier molecular flexibility index (Phi) is 6.41. The van der Waals surface area contributed by atoms with E-state index in [-0.39, 0.29) is 18.6 Å². The van der Waals surface area contributed by atoms with Gasteiger partial charge in [-0.05, 0) is 44.0 Å². The number of esters is 1. The zero-order valence-electron chi connectivity index (χ0n) is 15.3. The Morgan fingerprint density at radius 3 is 2.78 bits per heavy atom. The number of ether oxygens (including phenoxy) is 3. The van der Waals surface area contributed by atoms with Crippen LogP contribution in [-0.4, -0.2) is 49.8 Å². The number of nitrogens with one attached hydrogen (secondary N) is 1. The first-order valence-electron chi connectivity index (χ1n) is 8.74. The maximum atomic E-state index is 12.3. The van der Waals surface area contributed by atoms with Crippen molar-refractivity contribution >= 4 is 23.2 Å². The molecule has 1 aliphatic heterocycles. The van der Waals surface area contributed by atoms with Gasteiger partial charge in [-0.2, -0.15) is 0 Å². The number of carbonyl (C=O) groups is 2. The number of carbonyl (C=O) groups excluding carboxylic acids is 2. The third kappa shape index (κ3) is 5.05. The molecule has 3 rings (SSSR count). The van der Waals surface area contributed by atoms with Gasteiger partial charge in [0.15, 0.2) is 6.61 Å². The molecule has 1 aromatic heterocycles. The van der Waals surface area contributed by atoms with Gasteiger partial charge in [-0.1, -0.05) is 0 Å². The molecule has 1 amide bonds. The van der Waals surface area contributed by atoms with Crippen LogP contribution in [0.2, 0.25) is 0 Å². The minimum Gasteiger partial charge on any atom is -0.497 e. The highest BCUT2D eigenvalue weighted by molar-refractivity contribution is 7.17. The molecule has 8 heteroatoms. The summed E-state index contributed by atoms with van der Waals surface area (Å²) in [6.45, 7) is 2.60. The van der Waals surface area contributed by atoms with Crippen molar-refractivity contribution in [3.8, 4) is 16.3 Å². The van der Waals surface area contributed by atoms with E-state index in [9.17, 15) is 9.59 Å². The maximum Gasteiger partial charge on any atom is 0.350 e. The molecule has 0 radical (unpaired) electrons. The lowest BCUT2D eigenvalue weighted by Gasteiger charge is -2.10. The summed E-state index contributed by atoms with van der Waals surface area (Å²) in [5.41, 5.74) is 1.47. The van der Waals surface area contributed by atoms with Gasteiger partial charge in [-0.15, -0.1) is 11.3 Å². The van der Waals surface area contributed by atoms with E-state index in [1.54, 1.807) is 14.0 Å². The van der Waals surface area contributed by atoms with Gasteiger partial charge >= 0.3 is 5.97 Å². The van der Waals surface area contributed by atoms with Crippen molar-refractivity contribution in [2.24, 2.45) is 0 Å². The second-order valence-corrected chi connectivity index (χ2v) is 7.18. The number of methoxy groups -OCH3 is 1. The number of hydrogen-bond donors (Lipinski definition) is 1. The van der Waals surface area contributed by atoms with Crippen LogP contribution in [0.25, 0.3) is 10.6 Å². The van der Waals surface area contributed by atoms with Crippen LogP contribution in [0.5, 0.6) is 5.75 Å². The minimum atomic E-state index is -0.544. The van der Waals surface area contributed by atoms with Crippen molar-refractivity contribution < 1.29 is 23.8 Å². The fourth-order valence-electron chi connectivity index (χ4n) is 2.72. The van der Waals surface area contributed by atoms with Crippen molar-refractivity contribution in [1.82, 2.24) is 10.3 Å². The second kappa shape index (κ2) is 8.96. The van der Waals surface area contributed by atoms with Gasteiger partial charge in [-0.3, -0.25) is 4.79 Å². The highest BCUT2D eigenvalue weighted by atomic mass is 32.1. The smallest absolute Gasteiger partial charge is 0.350 e. The molecule has 1 N–H and O–H groups in total. The average Bonchev–Trinajstić information content (AvgIpc) is 3.34. The fraction of sp³-hybridized carbons (Fsp3) is 0.421. The molecular weight excluding hydrogens is 368 g/mol. The average molecular weight is 390 g/mol. The number of aryl methyl sites for hydroxylation is 1. The zero-order valence-corrected chi connectivity index (χ0v) is 16.1. The van der Waals surface area contributed by atoms with E-state index in [0.29, 0.717) is 22.1 Å². The van der Waals surface area contributed by atoms with E-state index in [1.165, 1.54) is 11.3 Å². The SMILES string of the molecule is COc1ccc(-c2nc(C)c(C(=O)OCC(=O)NC[C@@H]3CCCO3)s2)cc1. The van der Waals surface area contributed by atoms with Gasteiger partial charge in [-0.25, -0.2) is 9.78 Å². The summed E-state index contributed by atoms with van der Waals surface area (Å²) in [4.78, 5) is 29.0. The van der Waals surface area contributed by atoms with Crippen LogP contribution < -0.4 is 10.1 Å². The summed E-state index contributed by atoms with van der Waals surface area (Å²) in [6, 6.07) is 7.43. The molecule has 2 heterocycles. The normalized spacial score (nSPS) is 16.1. The molecule has 1 saturated heterocycles. The number of benzene rings is 1. The molecule has 7 nitrogen and oxygen atoms in total. The van der Waals surface area contributed by atoms with Gasteiger partial charge in [0, 0.05) is 18.7 Å². The van der Waals surface area contributed by atoms with Gasteiger partial charge in [0.05, 0.1) is 18.9 Å². The number of amides is 1. The molecule has 144 valence electrons. The van der Waals surface area contributed by atoms with E-state index in [2.05, 4.69) is 10.3 Å². The molecule has 2 aromatic rings. The van der Waals surface area contributed by atoms with Crippen molar-refractivity contribution in [2.45, 2.75) is 25.9 Å². The highest BCUT2D eigenvalue weighted by Crippen LogP contribution is 2.29. The predicted octanol–water partition coefficient (Wildman–Crippen LogP) is 2.58. The first-order chi connectivity index (χ1) is 13.1. The molecule has 1 atom stereocenters. The van der Waals surface area contributed by atoms with Crippen LogP contribution in [0.3, 0.4) is 0 Å². The fourth-order valence-corrected chi connectivity index (χ4v) is 3.69. The Morgan fingerprint density at radius 2 is 2.11 bits per heavy atom.